The van der Waals surface area contributed by atoms with Gasteiger partial charge >= 0.3 is 6.18 Å². The van der Waals surface area contributed by atoms with Crippen LogP contribution in [0.3, 0.4) is 0 Å². The van der Waals surface area contributed by atoms with Crippen LogP contribution in [-0.2, 0) is 6.18 Å². The van der Waals surface area contributed by atoms with Crippen molar-refractivity contribution in [3.63, 3.8) is 0 Å². The number of nitrogens with one attached hydrogen (secondary N) is 2. The van der Waals surface area contributed by atoms with Crippen LogP contribution in [0.4, 0.5) is 13.2 Å². The van der Waals surface area contributed by atoms with Gasteiger partial charge in [-0.25, -0.2) is 4.98 Å². The highest BCUT2D eigenvalue weighted by Crippen LogP contribution is 2.28. The van der Waals surface area contributed by atoms with E-state index in [-0.39, 0.29) is 29.7 Å². The Morgan fingerprint density at radius 2 is 2.00 bits per heavy atom. The largest absolute Gasteiger partial charge is 0.433 e. The molecular weight excluding hydrogens is 295 g/mol. The number of alkyl halides is 3. The van der Waals surface area contributed by atoms with Gasteiger partial charge in [-0.15, -0.1) is 12.4 Å². The van der Waals surface area contributed by atoms with Crippen molar-refractivity contribution in [3.05, 3.63) is 29.1 Å². The van der Waals surface area contributed by atoms with Gasteiger partial charge in [0.1, 0.15) is 5.69 Å². The molecule has 0 saturated carbocycles. The van der Waals surface area contributed by atoms with Crippen molar-refractivity contribution in [2.45, 2.75) is 26.1 Å². The number of carbonyl (C=O) groups excluding carboxylic acids is 1. The maximum atomic E-state index is 12.4. The van der Waals surface area contributed by atoms with E-state index in [1.54, 1.807) is 7.05 Å². The predicted molar refractivity (Wildman–Crippen MR) is 72.1 cm³/mol. The third kappa shape index (κ3) is 4.97. The normalized spacial score (nSPS) is 12.5. The molecular formula is C12H17ClF3N3O. The summed E-state index contributed by atoms with van der Waals surface area (Å²) in [6.45, 7) is 3.64. The number of hydrogen-bond donors (Lipinski definition) is 2. The van der Waals surface area contributed by atoms with E-state index in [4.69, 9.17) is 0 Å². The Labute approximate surface area is 121 Å². The molecule has 1 heterocycles. The lowest BCUT2D eigenvalue weighted by Gasteiger charge is -2.13. The molecule has 0 spiro atoms. The molecule has 1 atom stereocenters. The number of amides is 1. The van der Waals surface area contributed by atoms with Crippen molar-refractivity contribution in [1.29, 1.82) is 0 Å². The second-order valence-electron chi connectivity index (χ2n) is 4.23. The number of carbonyl (C=O) groups is 1. The van der Waals surface area contributed by atoms with E-state index in [1.807, 2.05) is 6.92 Å². The van der Waals surface area contributed by atoms with Crippen LogP contribution in [0.25, 0.3) is 0 Å². The summed E-state index contributed by atoms with van der Waals surface area (Å²) >= 11 is 0. The first-order valence-corrected chi connectivity index (χ1v) is 5.76. The highest BCUT2D eigenvalue weighted by Gasteiger charge is 2.33. The molecule has 4 nitrogen and oxygen atoms in total. The Morgan fingerprint density at radius 1 is 1.40 bits per heavy atom. The molecule has 0 fully saturated rings. The van der Waals surface area contributed by atoms with Crippen LogP contribution < -0.4 is 10.6 Å². The van der Waals surface area contributed by atoms with E-state index in [0.717, 1.165) is 12.1 Å². The molecule has 0 aliphatic rings. The maximum absolute atomic E-state index is 12.4. The fraction of sp³-hybridized carbons (Fsp3) is 0.500. The summed E-state index contributed by atoms with van der Waals surface area (Å²) in [4.78, 5) is 15.2. The molecule has 20 heavy (non-hydrogen) atoms. The van der Waals surface area contributed by atoms with Crippen LogP contribution in [0.15, 0.2) is 12.1 Å². The van der Waals surface area contributed by atoms with Gasteiger partial charge in [-0.2, -0.15) is 13.2 Å². The first-order valence-electron chi connectivity index (χ1n) is 5.76. The topological polar surface area (TPSA) is 54.0 Å². The zero-order valence-electron chi connectivity index (χ0n) is 11.3. The fourth-order valence-electron chi connectivity index (χ4n) is 1.40. The minimum Gasteiger partial charge on any atom is -0.350 e. The Balaban J connectivity index is 0.00000361. The molecule has 8 heteroatoms. The third-order valence-corrected chi connectivity index (χ3v) is 2.68. The zero-order chi connectivity index (χ0) is 14.6. The SMILES string of the molecule is CNC(C)CNC(=O)c1ccc(C(F)(F)F)nc1C.Cl. The number of likely N-dealkylation sites (N-methyl/N-ethyl adjacent to an activating group) is 1. The minimum absolute atomic E-state index is 0. The van der Waals surface area contributed by atoms with Crippen molar-refractivity contribution in [3.8, 4) is 0 Å². The van der Waals surface area contributed by atoms with Gasteiger partial charge in [0.15, 0.2) is 0 Å². The molecule has 2 N–H and O–H groups in total. The lowest BCUT2D eigenvalue weighted by Crippen LogP contribution is -2.37. The Hall–Kier alpha value is -1.34. The maximum Gasteiger partial charge on any atom is 0.433 e. The molecule has 1 amide bonds. The van der Waals surface area contributed by atoms with E-state index in [1.165, 1.54) is 6.92 Å². The van der Waals surface area contributed by atoms with Crippen molar-refractivity contribution < 1.29 is 18.0 Å². The average molecular weight is 312 g/mol. The van der Waals surface area contributed by atoms with E-state index >= 15 is 0 Å². The van der Waals surface area contributed by atoms with E-state index in [0.29, 0.717) is 6.54 Å². The van der Waals surface area contributed by atoms with Crippen LogP contribution in [0.5, 0.6) is 0 Å². The number of rotatable bonds is 4. The molecule has 0 radical (unpaired) electrons. The molecule has 0 bridgehead atoms. The highest BCUT2D eigenvalue weighted by atomic mass is 35.5. The van der Waals surface area contributed by atoms with Crippen molar-refractivity contribution >= 4 is 18.3 Å². The Bertz CT molecular complexity index is 466. The lowest BCUT2D eigenvalue weighted by atomic mass is 10.1. The summed E-state index contributed by atoms with van der Waals surface area (Å²) < 4.78 is 37.3. The van der Waals surface area contributed by atoms with Gasteiger partial charge in [0.25, 0.3) is 5.91 Å². The van der Waals surface area contributed by atoms with Gasteiger partial charge in [0.2, 0.25) is 0 Å². The molecule has 0 aliphatic heterocycles. The van der Waals surface area contributed by atoms with Gasteiger partial charge in [0, 0.05) is 12.6 Å². The molecule has 0 aliphatic carbocycles. The number of nitrogens with zero attached hydrogens (tertiary/aromatic N) is 1. The van der Waals surface area contributed by atoms with Crippen molar-refractivity contribution in [2.75, 3.05) is 13.6 Å². The number of aryl methyl sites for hydroxylation is 1. The van der Waals surface area contributed by atoms with Crippen molar-refractivity contribution in [1.82, 2.24) is 15.6 Å². The van der Waals surface area contributed by atoms with Gasteiger partial charge in [0.05, 0.1) is 11.3 Å². The Morgan fingerprint density at radius 3 is 2.45 bits per heavy atom. The van der Waals surface area contributed by atoms with Gasteiger partial charge < -0.3 is 10.6 Å². The molecule has 1 aromatic heterocycles. The first kappa shape index (κ1) is 18.7. The summed E-state index contributed by atoms with van der Waals surface area (Å²) in [6, 6.07) is 2.03. The van der Waals surface area contributed by atoms with Crippen LogP contribution in [0.2, 0.25) is 0 Å². The van der Waals surface area contributed by atoms with E-state index < -0.39 is 17.8 Å². The summed E-state index contributed by atoms with van der Waals surface area (Å²) in [5, 5.41) is 5.56. The first-order chi connectivity index (χ1) is 8.75. The van der Waals surface area contributed by atoms with Crippen LogP contribution in [-0.4, -0.2) is 30.5 Å². The zero-order valence-corrected chi connectivity index (χ0v) is 12.2. The fourth-order valence-corrected chi connectivity index (χ4v) is 1.40. The smallest absolute Gasteiger partial charge is 0.350 e. The third-order valence-electron chi connectivity index (χ3n) is 2.68. The van der Waals surface area contributed by atoms with Gasteiger partial charge in [-0.1, -0.05) is 0 Å². The molecule has 114 valence electrons. The monoisotopic (exact) mass is 311 g/mol. The number of hydrogen-bond acceptors (Lipinski definition) is 3. The van der Waals surface area contributed by atoms with E-state index in [9.17, 15) is 18.0 Å². The minimum atomic E-state index is -4.50. The second kappa shape index (κ2) is 7.44. The molecule has 1 unspecified atom stereocenters. The van der Waals surface area contributed by atoms with Gasteiger partial charge in [-0.05, 0) is 33.0 Å². The van der Waals surface area contributed by atoms with E-state index in [2.05, 4.69) is 15.6 Å². The standard InChI is InChI=1S/C12H16F3N3O.ClH/c1-7(16-3)6-17-11(19)9-4-5-10(12(13,14)15)18-8(9)2;/h4-5,7,16H,6H2,1-3H3,(H,17,19);1H. The van der Waals surface area contributed by atoms with Crippen molar-refractivity contribution in [2.24, 2.45) is 0 Å². The summed E-state index contributed by atoms with van der Waals surface area (Å²) in [5.41, 5.74) is -0.786. The molecule has 0 saturated heterocycles. The van der Waals surface area contributed by atoms with Crippen LogP contribution in [0.1, 0.15) is 28.7 Å². The highest BCUT2D eigenvalue weighted by molar-refractivity contribution is 5.95. The summed E-state index contributed by atoms with van der Waals surface area (Å²) in [6.07, 6.45) is -4.50. The quantitative estimate of drug-likeness (QED) is 0.896. The number of halogens is 4. The van der Waals surface area contributed by atoms with Gasteiger partial charge in [-0.3, -0.25) is 4.79 Å². The molecule has 0 aromatic carbocycles. The Kier molecular flexibility index (Phi) is 6.95. The lowest BCUT2D eigenvalue weighted by molar-refractivity contribution is -0.141. The van der Waals surface area contributed by atoms with Crippen LogP contribution in [0, 0.1) is 6.92 Å². The number of aromatic nitrogens is 1. The second-order valence-corrected chi connectivity index (χ2v) is 4.23. The average Bonchev–Trinajstić information content (AvgIpc) is 2.34. The summed E-state index contributed by atoms with van der Waals surface area (Å²) in [7, 11) is 1.75. The summed E-state index contributed by atoms with van der Waals surface area (Å²) in [5.74, 6) is -0.430. The number of pyridine rings is 1. The van der Waals surface area contributed by atoms with Crippen LogP contribution >= 0.6 is 12.4 Å². The molecule has 1 aromatic rings. The predicted octanol–water partition coefficient (Wildman–Crippen LogP) is 2.17. The molecule has 1 rings (SSSR count).